The summed E-state index contributed by atoms with van der Waals surface area (Å²) in [6.07, 6.45) is 0. The highest BCUT2D eigenvalue weighted by atomic mass is 16.2. The third-order valence-corrected chi connectivity index (χ3v) is 0.568. The van der Waals surface area contributed by atoms with Crippen LogP contribution in [0.5, 0.6) is 0 Å². The molecule has 0 aliphatic carbocycles. The van der Waals surface area contributed by atoms with Crippen LogP contribution in [-0.4, -0.2) is 17.6 Å². The van der Waals surface area contributed by atoms with Crippen LogP contribution in [0.3, 0.4) is 0 Å². The molecular weight excluding hydrogens is 96.0 g/mol. The predicted molar refractivity (Wildman–Crippen MR) is 20.8 cm³/mol. The quantitative estimate of drug-likeness (QED) is 0.400. The van der Waals surface area contributed by atoms with E-state index in [-0.39, 0.29) is 12.5 Å². The lowest BCUT2D eigenvalue weighted by atomic mass is 10.6. The molecule has 0 saturated carbocycles. The molecule has 0 aromatic rings. The minimum atomic E-state index is -0.289. The zero-order valence-electron chi connectivity index (χ0n) is 3.53. The van der Waals surface area contributed by atoms with E-state index in [2.05, 4.69) is 10.3 Å². The van der Waals surface area contributed by atoms with Crippen LogP contribution in [0.25, 0.3) is 0 Å². The number of hydrogen-bond acceptors (Lipinski definition) is 4. The maximum absolute atomic E-state index is 10.1. The summed E-state index contributed by atoms with van der Waals surface area (Å²) in [6, 6.07) is 0. The SMILES string of the molecule is NN1CC(=O)N=N1. The molecule has 0 radical (unpaired) electrons. The average Bonchev–Trinajstić information content (AvgIpc) is 1.87. The molecule has 0 spiro atoms. The van der Waals surface area contributed by atoms with Gasteiger partial charge in [-0.1, -0.05) is 10.3 Å². The van der Waals surface area contributed by atoms with E-state index in [0.717, 1.165) is 5.12 Å². The van der Waals surface area contributed by atoms with E-state index in [9.17, 15) is 4.79 Å². The number of carbonyl (C=O) groups excluding carboxylic acids is 1. The Labute approximate surface area is 39.7 Å². The highest BCUT2D eigenvalue weighted by Crippen LogP contribution is 1.92. The van der Waals surface area contributed by atoms with E-state index in [4.69, 9.17) is 5.84 Å². The number of hydrogen-bond donors (Lipinski definition) is 1. The molecule has 0 fully saturated rings. The van der Waals surface area contributed by atoms with Gasteiger partial charge >= 0.3 is 0 Å². The molecule has 7 heavy (non-hydrogen) atoms. The molecule has 5 nitrogen and oxygen atoms in total. The topological polar surface area (TPSA) is 71.0 Å². The van der Waals surface area contributed by atoms with Gasteiger partial charge in [0.15, 0.2) is 0 Å². The number of hydrazine groups is 1. The van der Waals surface area contributed by atoms with Crippen LogP contribution in [0.2, 0.25) is 0 Å². The molecule has 0 saturated heterocycles. The fraction of sp³-hybridized carbons (Fsp3) is 0.500. The van der Waals surface area contributed by atoms with Gasteiger partial charge in [0.2, 0.25) is 0 Å². The van der Waals surface area contributed by atoms with Crippen molar-refractivity contribution in [3.8, 4) is 0 Å². The van der Waals surface area contributed by atoms with Gasteiger partial charge in [0.05, 0.1) is 0 Å². The van der Waals surface area contributed by atoms with E-state index in [1.165, 1.54) is 0 Å². The van der Waals surface area contributed by atoms with E-state index in [1.807, 2.05) is 0 Å². The van der Waals surface area contributed by atoms with E-state index in [1.54, 1.807) is 0 Å². The van der Waals surface area contributed by atoms with Crippen molar-refractivity contribution in [1.82, 2.24) is 5.12 Å². The second-order valence-electron chi connectivity index (χ2n) is 1.18. The summed E-state index contributed by atoms with van der Waals surface area (Å²) in [5.41, 5.74) is 0. The molecule has 1 aliphatic rings. The van der Waals surface area contributed by atoms with Crippen molar-refractivity contribution in [1.29, 1.82) is 0 Å². The highest BCUT2D eigenvalue weighted by Gasteiger charge is 2.09. The maximum atomic E-state index is 10.1. The largest absolute Gasteiger partial charge is 0.289 e. The molecule has 0 unspecified atom stereocenters. The number of rotatable bonds is 0. The van der Waals surface area contributed by atoms with Crippen molar-refractivity contribution in [3.63, 3.8) is 0 Å². The van der Waals surface area contributed by atoms with Crippen LogP contribution in [0.1, 0.15) is 0 Å². The monoisotopic (exact) mass is 100 g/mol. The Kier molecular flexibility index (Phi) is 0.759. The minimum absolute atomic E-state index is 0.111. The maximum Gasteiger partial charge on any atom is 0.289 e. The second kappa shape index (κ2) is 1.27. The molecule has 1 amide bonds. The smallest absolute Gasteiger partial charge is 0.269 e. The Morgan fingerprint density at radius 3 is 2.71 bits per heavy atom. The zero-order valence-corrected chi connectivity index (χ0v) is 3.53. The van der Waals surface area contributed by atoms with Gasteiger partial charge in [0.25, 0.3) is 5.91 Å². The van der Waals surface area contributed by atoms with Crippen LogP contribution in [-0.2, 0) is 4.79 Å². The van der Waals surface area contributed by atoms with Gasteiger partial charge in [-0.15, -0.1) is 0 Å². The lowest BCUT2D eigenvalue weighted by Gasteiger charge is -1.95. The molecule has 1 heterocycles. The highest BCUT2D eigenvalue weighted by molar-refractivity contribution is 5.79. The summed E-state index contributed by atoms with van der Waals surface area (Å²) < 4.78 is 0. The third kappa shape index (κ3) is 0.716. The summed E-state index contributed by atoms with van der Waals surface area (Å²) in [5.74, 6) is 4.69. The molecule has 0 aromatic heterocycles. The summed E-state index contributed by atoms with van der Waals surface area (Å²) in [6.45, 7) is 0.111. The molecule has 2 N–H and O–H groups in total. The first-order chi connectivity index (χ1) is 3.29. The minimum Gasteiger partial charge on any atom is -0.269 e. The van der Waals surface area contributed by atoms with Gasteiger partial charge in [-0.25, -0.2) is 11.0 Å². The van der Waals surface area contributed by atoms with Gasteiger partial charge in [-0.2, -0.15) is 0 Å². The number of amides is 1. The standard InChI is InChI=1S/C2H4N4O/c3-6-1-2(7)4-5-6/h1,3H2. The molecule has 1 aliphatic heterocycles. The number of nitrogens with two attached hydrogens (primary N) is 1. The van der Waals surface area contributed by atoms with E-state index in [0.29, 0.717) is 0 Å². The summed E-state index contributed by atoms with van der Waals surface area (Å²) in [7, 11) is 0. The van der Waals surface area contributed by atoms with Gasteiger partial charge < -0.3 is 0 Å². The molecule has 5 heteroatoms. The zero-order chi connectivity index (χ0) is 5.28. The third-order valence-electron chi connectivity index (χ3n) is 0.568. The Morgan fingerprint density at radius 2 is 2.57 bits per heavy atom. The molecule has 1 rings (SSSR count). The molecule has 0 bridgehead atoms. The summed E-state index contributed by atoms with van der Waals surface area (Å²) in [5, 5.41) is 7.30. The Balaban J connectivity index is 2.58. The first kappa shape index (κ1) is 4.20. The molecule has 0 aromatic carbocycles. The van der Waals surface area contributed by atoms with Crippen molar-refractivity contribution < 1.29 is 4.79 Å². The number of carbonyl (C=O) groups is 1. The predicted octanol–water partition coefficient (Wildman–Crippen LogP) is -0.931. The van der Waals surface area contributed by atoms with Crippen molar-refractivity contribution in [2.24, 2.45) is 16.2 Å². The molecule has 0 atom stereocenters. The Hall–Kier alpha value is -0.970. The number of nitrogens with zero attached hydrogens (tertiary/aromatic N) is 3. The van der Waals surface area contributed by atoms with Gasteiger partial charge in [0.1, 0.15) is 6.54 Å². The van der Waals surface area contributed by atoms with Crippen molar-refractivity contribution in [2.75, 3.05) is 6.54 Å². The average molecular weight is 100 g/mol. The Morgan fingerprint density at radius 1 is 1.86 bits per heavy atom. The van der Waals surface area contributed by atoms with Gasteiger partial charge in [-0.3, -0.25) is 4.79 Å². The van der Waals surface area contributed by atoms with Crippen LogP contribution < -0.4 is 5.84 Å². The lowest BCUT2D eigenvalue weighted by molar-refractivity contribution is -0.117. The van der Waals surface area contributed by atoms with Crippen LogP contribution >= 0.6 is 0 Å². The first-order valence-corrected chi connectivity index (χ1v) is 1.76. The molecular formula is C2H4N4O. The van der Waals surface area contributed by atoms with Gasteiger partial charge in [0, 0.05) is 0 Å². The van der Waals surface area contributed by atoms with Crippen molar-refractivity contribution in [3.05, 3.63) is 0 Å². The van der Waals surface area contributed by atoms with Crippen LogP contribution in [0, 0.1) is 0 Å². The van der Waals surface area contributed by atoms with Gasteiger partial charge in [-0.05, 0) is 0 Å². The summed E-state index contributed by atoms with van der Waals surface area (Å²) >= 11 is 0. The fourth-order valence-electron chi connectivity index (χ4n) is 0.309. The first-order valence-electron chi connectivity index (χ1n) is 1.76. The van der Waals surface area contributed by atoms with Crippen LogP contribution in [0.15, 0.2) is 10.3 Å². The Bertz CT molecular complexity index is 119. The van der Waals surface area contributed by atoms with Crippen molar-refractivity contribution in [2.45, 2.75) is 0 Å². The normalized spacial score (nSPS) is 19.0. The lowest BCUT2D eigenvalue weighted by Crippen LogP contribution is -2.24. The van der Waals surface area contributed by atoms with Crippen molar-refractivity contribution >= 4 is 5.91 Å². The summed E-state index contributed by atoms with van der Waals surface area (Å²) in [4.78, 5) is 10.1. The van der Waals surface area contributed by atoms with Crippen LogP contribution in [0.4, 0.5) is 0 Å². The van der Waals surface area contributed by atoms with E-state index < -0.39 is 0 Å². The molecule has 38 valence electrons. The van der Waals surface area contributed by atoms with E-state index >= 15 is 0 Å². The fourth-order valence-corrected chi connectivity index (χ4v) is 0.309. The second-order valence-corrected chi connectivity index (χ2v) is 1.18.